The summed E-state index contributed by atoms with van der Waals surface area (Å²) in [5.74, 6) is 0.905. The van der Waals surface area contributed by atoms with Crippen LogP contribution in [0.3, 0.4) is 0 Å². The van der Waals surface area contributed by atoms with Crippen molar-refractivity contribution in [1.82, 2.24) is 24.6 Å². The van der Waals surface area contributed by atoms with Gasteiger partial charge in [-0.15, -0.1) is 0 Å². The van der Waals surface area contributed by atoms with Crippen LogP contribution < -0.4 is 4.90 Å². The molecule has 33 heavy (non-hydrogen) atoms. The normalized spacial score (nSPS) is 17.7. The predicted molar refractivity (Wildman–Crippen MR) is 119 cm³/mol. The van der Waals surface area contributed by atoms with E-state index in [0.717, 1.165) is 17.7 Å². The van der Waals surface area contributed by atoms with Gasteiger partial charge < -0.3 is 4.90 Å². The standard InChI is InChI=1S/C24H25FN6O2/c1-15-19-11-21(32)31(10-8-16-5-3-4-6-20(16)25)23(19)28-22(27-15)17-7-9-30(14-17)24(33)18-12-26-29(2)13-18/h3-6,12-13,17H,7-11,14H2,1-2H3/t17-/m1/s1. The van der Waals surface area contributed by atoms with Gasteiger partial charge in [-0.25, -0.2) is 14.4 Å². The van der Waals surface area contributed by atoms with E-state index in [1.54, 1.807) is 52.1 Å². The maximum Gasteiger partial charge on any atom is 0.257 e. The van der Waals surface area contributed by atoms with Crippen LogP contribution in [-0.4, -0.2) is 56.1 Å². The molecule has 0 N–H and O–H groups in total. The van der Waals surface area contributed by atoms with Gasteiger partial charge in [0.2, 0.25) is 5.91 Å². The van der Waals surface area contributed by atoms with Crippen LogP contribution in [0.1, 0.15) is 45.3 Å². The molecule has 0 radical (unpaired) electrons. The number of anilines is 1. The molecule has 9 heteroatoms. The van der Waals surface area contributed by atoms with Crippen LogP contribution in [0.25, 0.3) is 0 Å². The largest absolute Gasteiger partial charge is 0.338 e. The molecule has 4 heterocycles. The van der Waals surface area contributed by atoms with Crippen LogP contribution in [0.5, 0.6) is 0 Å². The zero-order valence-corrected chi connectivity index (χ0v) is 18.7. The summed E-state index contributed by atoms with van der Waals surface area (Å²) in [5.41, 5.74) is 2.76. The third kappa shape index (κ3) is 3.99. The smallest absolute Gasteiger partial charge is 0.257 e. The highest BCUT2D eigenvalue weighted by atomic mass is 19.1. The minimum absolute atomic E-state index is 0.00117. The van der Waals surface area contributed by atoms with Crippen LogP contribution in [0.4, 0.5) is 10.2 Å². The molecule has 5 rings (SSSR count). The first-order chi connectivity index (χ1) is 15.9. The summed E-state index contributed by atoms with van der Waals surface area (Å²) < 4.78 is 15.7. The lowest BCUT2D eigenvalue weighted by Gasteiger charge is -2.19. The van der Waals surface area contributed by atoms with Gasteiger partial charge >= 0.3 is 0 Å². The lowest BCUT2D eigenvalue weighted by atomic mass is 10.1. The van der Waals surface area contributed by atoms with E-state index in [-0.39, 0.29) is 30.0 Å². The van der Waals surface area contributed by atoms with Crippen molar-refractivity contribution in [3.05, 3.63) is 70.7 Å². The van der Waals surface area contributed by atoms with E-state index < -0.39 is 0 Å². The van der Waals surface area contributed by atoms with E-state index in [1.165, 1.54) is 6.07 Å². The molecule has 0 saturated carbocycles. The second-order valence-electron chi connectivity index (χ2n) is 8.67. The van der Waals surface area contributed by atoms with E-state index in [4.69, 9.17) is 9.97 Å². The summed E-state index contributed by atoms with van der Waals surface area (Å²) in [5, 5.41) is 4.08. The summed E-state index contributed by atoms with van der Waals surface area (Å²) in [7, 11) is 1.78. The fourth-order valence-corrected chi connectivity index (χ4v) is 4.61. The van der Waals surface area contributed by atoms with Crippen LogP contribution in [0, 0.1) is 12.7 Å². The zero-order chi connectivity index (χ0) is 23.1. The maximum absolute atomic E-state index is 14.0. The molecule has 0 aliphatic carbocycles. The Labute approximate surface area is 191 Å². The maximum atomic E-state index is 14.0. The Bertz CT molecular complexity index is 1240. The van der Waals surface area contributed by atoms with Crippen LogP contribution in [0.2, 0.25) is 0 Å². The SMILES string of the molecule is Cc1nc([C@@H]2CCN(C(=O)c3cnn(C)c3)C2)nc2c1CC(=O)N2CCc1ccccc1F. The fraction of sp³-hybridized carbons (Fsp3) is 0.375. The highest BCUT2D eigenvalue weighted by Gasteiger charge is 2.35. The fourth-order valence-electron chi connectivity index (χ4n) is 4.61. The van der Waals surface area contributed by atoms with Gasteiger partial charge in [0.15, 0.2) is 0 Å². The van der Waals surface area contributed by atoms with E-state index in [9.17, 15) is 14.0 Å². The summed E-state index contributed by atoms with van der Waals surface area (Å²) in [6, 6.07) is 6.61. The second-order valence-corrected chi connectivity index (χ2v) is 8.67. The summed E-state index contributed by atoms with van der Waals surface area (Å²) in [4.78, 5) is 38.4. The Balaban J connectivity index is 1.35. The van der Waals surface area contributed by atoms with Crippen molar-refractivity contribution in [1.29, 1.82) is 0 Å². The topological polar surface area (TPSA) is 84.2 Å². The number of benzene rings is 1. The zero-order valence-electron chi connectivity index (χ0n) is 18.7. The van der Waals surface area contributed by atoms with Crippen molar-refractivity contribution in [2.45, 2.75) is 32.1 Å². The molecule has 3 aromatic rings. The summed E-state index contributed by atoms with van der Waals surface area (Å²) >= 11 is 0. The lowest BCUT2D eigenvalue weighted by molar-refractivity contribution is -0.117. The summed E-state index contributed by atoms with van der Waals surface area (Å²) in [6.45, 7) is 3.40. The van der Waals surface area contributed by atoms with Gasteiger partial charge in [-0.05, 0) is 31.4 Å². The third-order valence-corrected chi connectivity index (χ3v) is 6.45. The molecule has 2 aromatic heterocycles. The average Bonchev–Trinajstić information content (AvgIpc) is 3.52. The van der Waals surface area contributed by atoms with E-state index >= 15 is 0 Å². The van der Waals surface area contributed by atoms with Gasteiger partial charge in [-0.1, -0.05) is 18.2 Å². The highest BCUT2D eigenvalue weighted by Crippen LogP contribution is 2.33. The Morgan fingerprint density at radius 2 is 2.06 bits per heavy atom. The number of hydrogen-bond acceptors (Lipinski definition) is 5. The van der Waals surface area contributed by atoms with Gasteiger partial charge in [0, 0.05) is 50.1 Å². The number of hydrogen-bond donors (Lipinski definition) is 0. The van der Waals surface area contributed by atoms with Crippen molar-refractivity contribution in [2.75, 3.05) is 24.5 Å². The minimum atomic E-state index is -0.270. The van der Waals surface area contributed by atoms with Crippen molar-refractivity contribution >= 4 is 17.6 Å². The van der Waals surface area contributed by atoms with Gasteiger partial charge in [0.05, 0.1) is 18.2 Å². The van der Waals surface area contributed by atoms with Crippen molar-refractivity contribution in [3.8, 4) is 0 Å². The number of halogens is 1. The van der Waals surface area contributed by atoms with Gasteiger partial charge in [0.25, 0.3) is 5.91 Å². The van der Waals surface area contributed by atoms with Crippen molar-refractivity contribution in [3.63, 3.8) is 0 Å². The first-order valence-corrected chi connectivity index (χ1v) is 11.1. The van der Waals surface area contributed by atoms with Gasteiger partial charge in [-0.3, -0.25) is 19.2 Å². The molecule has 1 saturated heterocycles. The Morgan fingerprint density at radius 1 is 1.24 bits per heavy atom. The average molecular weight is 449 g/mol. The number of likely N-dealkylation sites (tertiary alicyclic amines) is 1. The quantitative estimate of drug-likeness (QED) is 0.599. The molecule has 0 bridgehead atoms. The molecule has 2 aliphatic heterocycles. The Morgan fingerprint density at radius 3 is 2.82 bits per heavy atom. The third-order valence-electron chi connectivity index (χ3n) is 6.45. The lowest BCUT2D eigenvalue weighted by Crippen LogP contribution is -2.30. The Hall–Kier alpha value is -3.62. The molecule has 2 aliphatic rings. The van der Waals surface area contributed by atoms with Crippen LogP contribution in [0.15, 0.2) is 36.7 Å². The molecule has 2 amide bonds. The molecular weight excluding hydrogens is 423 g/mol. The number of rotatable bonds is 5. The number of carbonyl (C=O) groups excluding carboxylic acids is 2. The molecule has 0 unspecified atom stereocenters. The molecular formula is C24H25FN6O2. The van der Waals surface area contributed by atoms with E-state index in [1.807, 2.05) is 6.92 Å². The minimum Gasteiger partial charge on any atom is -0.338 e. The predicted octanol–water partition coefficient (Wildman–Crippen LogP) is 2.42. The first-order valence-electron chi connectivity index (χ1n) is 11.1. The second kappa shape index (κ2) is 8.38. The molecule has 170 valence electrons. The monoisotopic (exact) mass is 448 g/mol. The number of aromatic nitrogens is 4. The number of amides is 2. The molecule has 0 spiro atoms. The van der Waals surface area contributed by atoms with Crippen molar-refractivity contribution in [2.24, 2.45) is 7.05 Å². The van der Waals surface area contributed by atoms with Gasteiger partial charge in [0.1, 0.15) is 17.5 Å². The van der Waals surface area contributed by atoms with Crippen LogP contribution in [-0.2, 0) is 24.7 Å². The number of carbonyl (C=O) groups is 2. The van der Waals surface area contributed by atoms with Crippen LogP contribution >= 0.6 is 0 Å². The number of aryl methyl sites for hydroxylation is 2. The Kier molecular flexibility index (Phi) is 5.39. The summed E-state index contributed by atoms with van der Waals surface area (Å²) in [6.07, 6.45) is 4.71. The molecule has 1 fully saturated rings. The molecule has 1 aromatic carbocycles. The molecule has 1 atom stereocenters. The van der Waals surface area contributed by atoms with E-state index in [0.29, 0.717) is 48.8 Å². The number of nitrogens with zero attached hydrogens (tertiary/aromatic N) is 6. The van der Waals surface area contributed by atoms with Gasteiger partial charge in [-0.2, -0.15) is 5.10 Å². The van der Waals surface area contributed by atoms with Crippen molar-refractivity contribution < 1.29 is 14.0 Å². The number of fused-ring (bicyclic) bond motifs is 1. The van der Waals surface area contributed by atoms with E-state index in [2.05, 4.69) is 5.10 Å². The highest BCUT2D eigenvalue weighted by molar-refractivity contribution is 6.00. The molecule has 8 nitrogen and oxygen atoms in total. The first kappa shape index (κ1) is 21.2.